The van der Waals surface area contributed by atoms with Gasteiger partial charge >= 0.3 is 0 Å². The fraction of sp³-hybridized carbons (Fsp3) is 0.667. The summed E-state index contributed by atoms with van der Waals surface area (Å²) in [6, 6.07) is 4.20. The second-order valence-corrected chi connectivity index (χ2v) is 7.40. The number of H-pyrrole nitrogens is 1. The maximum atomic E-state index is 12.8. The zero-order valence-electron chi connectivity index (χ0n) is 13.9. The Balaban J connectivity index is 1.47. The Labute approximate surface area is 142 Å². The smallest absolute Gasteiger partial charge is 0.226 e. The normalized spacial score (nSPS) is 28.0. The standard InChI is InChI=1S/C18H24N4O2/c19-5-16-4-13(6-20-16)7-21-8-14-9-22(17(10-21)12-24-11-14)18(23)15-2-1-3-15/h4,6,14-15,17,20H,1-3,7-12H2/t14-,17-/m0/s1. The molecule has 2 saturated heterocycles. The Morgan fingerprint density at radius 1 is 1.33 bits per heavy atom. The predicted molar refractivity (Wildman–Crippen MR) is 87.9 cm³/mol. The van der Waals surface area contributed by atoms with E-state index >= 15 is 0 Å². The van der Waals surface area contributed by atoms with Crippen LogP contribution in [0.3, 0.4) is 0 Å². The fourth-order valence-electron chi connectivity index (χ4n) is 4.08. The first-order valence-electron chi connectivity index (χ1n) is 8.91. The van der Waals surface area contributed by atoms with Crippen molar-refractivity contribution in [3.05, 3.63) is 23.5 Å². The van der Waals surface area contributed by atoms with E-state index in [9.17, 15) is 4.79 Å². The monoisotopic (exact) mass is 328 g/mol. The van der Waals surface area contributed by atoms with E-state index in [0.717, 1.165) is 51.2 Å². The molecule has 6 nitrogen and oxygen atoms in total. The predicted octanol–water partition coefficient (Wildman–Crippen LogP) is 1.35. The lowest BCUT2D eigenvalue weighted by Gasteiger charge is -2.35. The lowest BCUT2D eigenvalue weighted by Crippen LogP contribution is -2.49. The van der Waals surface area contributed by atoms with Crippen LogP contribution in [0.25, 0.3) is 0 Å². The maximum absolute atomic E-state index is 12.8. The number of hydrogen-bond donors (Lipinski definition) is 1. The molecule has 2 atom stereocenters. The van der Waals surface area contributed by atoms with Crippen LogP contribution in [0, 0.1) is 23.2 Å². The lowest BCUT2D eigenvalue weighted by atomic mass is 9.84. The molecule has 0 spiro atoms. The third-order valence-electron chi connectivity index (χ3n) is 5.55. The quantitative estimate of drug-likeness (QED) is 0.909. The Kier molecular flexibility index (Phi) is 4.30. The van der Waals surface area contributed by atoms with Gasteiger partial charge in [-0.25, -0.2) is 0 Å². The van der Waals surface area contributed by atoms with E-state index in [2.05, 4.69) is 20.9 Å². The van der Waals surface area contributed by atoms with Crippen molar-refractivity contribution in [3.63, 3.8) is 0 Å². The van der Waals surface area contributed by atoms with E-state index < -0.39 is 0 Å². The molecule has 3 fully saturated rings. The topological polar surface area (TPSA) is 72.4 Å². The average molecular weight is 328 g/mol. The van der Waals surface area contributed by atoms with Gasteiger partial charge in [0.25, 0.3) is 0 Å². The zero-order chi connectivity index (χ0) is 16.5. The number of fused-ring (bicyclic) bond motifs is 3. The second kappa shape index (κ2) is 6.58. The fourth-order valence-corrected chi connectivity index (χ4v) is 4.08. The molecule has 2 bridgehead atoms. The first-order chi connectivity index (χ1) is 11.7. The molecule has 6 heteroatoms. The van der Waals surface area contributed by atoms with Crippen LogP contribution in [0.2, 0.25) is 0 Å². The number of nitrogens with one attached hydrogen (secondary N) is 1. The SMILES string of the molecule is N#Cc1cc(CN2C[C@@H]3COC[C@H](C2)N(C(=O)C2CCC2)C3)c[nH]1. The molecule has 1 saturated carbocycles. The summed E-state index contributed by atoms with van der Waals surface area (Å²) in [6.07, 6.45) is 5.21. The van der Waals surface area contributed by atoms with Gasteiger partial charge in [-0.2, -0.15) is 5.26 Å². The molecule has 1 aromatic heterocycles. The minimum absolute atomic E-state index is 0.153. The zero-order valence-corrected chi connectivity index (χ0v) is 13.9. The van der Waals surface area contributed by atoms with E-state index in [-0.39, 0.29) is 12.0 Å². The first-order valence-corrected chi connectivity index (χ1v) is 8.91. The summed E-state index contributed by atoms with van der Waals surface area (Å²) in [5.74, 6) is 0.966. The molecule has 1 amide bonds. The molecular formula is C18H24N4O2. The van der Waals surface area contributed by atoms with Crippen molar-refractivity contribution in [2.45, 2.75) is 31.8 Å². The summed E-state index contributed by atoms with van der Waals surface area (Å²) < 4.78 is 5.82. The van der Waals surface area contributed by atoms with Crippen molar-refractivity contribution in [1.29, 1.82) is 5.26 Å². The summed E-state index contributed by atoms with van der Waals surface area (Å²) in [4.78, 5) is 20.3. The third-order valence-corrected chi connectivity index (χ3v) is 5.55. The van der Waals surface area contributed by atoms with Crippen molar-refractivity contribution in [2.24, 2.45) is 11.8 Å². The van der Waals surface area contributed by atoms with Crippen molar-refractivity contribution in [3.8, 4) is 6.07 Å². The molecule has 3 aliphatic rings. The van der Waals surface area contributed by atoms with E-state index in [0.29, 0.717) is 24.1 Å². The number of hydrogen-bond acceptors (Lipinski definition) is 4. The molecule has 1 N–H and O–H groups in total. The number of carbonyl (C=O) groups is 1. The summed E-state index contributed by atoms with van der Waals surface area (Å²) >= 11 is 0. The summed E-state index contributed by atoms with van der Waals surface area (Å²) in [7, 11) is 0. The number of ether oxygens (including phenoxy) is 1. The van der Waals surface area contributed by atoms with Crippen LogP contribution in [0.5, 0.6) is 0 Å². The van der Waals surface area contributed by atoms with Crippen molar-refractivity contribution < 1.29 is 9.53 Å². The molecular weight excluding hydrogens is 304 g/mol. The van der Waals surface area contributed by atoms with Crippen LogP contribution < -0.4 is 0 Å². The number of aromatic amines is 1. The molecule has 3 heterocycles. The second-order valence-electron chi connectivity index (χ2n) is 7.40. The highest BCUT2D eigenvalue weighted by Gasteiger charge is 2.39. The highest BCUT2D eigenvalue weighted by atomic mass is 16.5. The van der Waals surface area contributed by atoms with Gasteiger partial charge in [0.1, 0.15) is 11.8 Å². The Hall–Kier alpha value is -1.84. The molecule has 4 rings (SSSR count). The number of rotatable bonds is 3. The number of nitriles is 1. The van der Waals surface area contributed by atoms with Crippen molar-refractivity contribution in [1.82, 2.24) is 14.8 Å². The third kappa shape index (κ3) is 3.06. The summed E-state index contributed by atoms with van der Waals surface area (Å²) in [5.41, 5.74) is 1.73. The molecule has 128 valence electrons. The van der Waals surface area contributed by atoms with Gasteiger partial charge in [0.15, 0.2) is 0 Å². The van der Waals surface area contributed by atoms with Crippen LogP contribution in [-0.4, -0.2) is 59.6 Å². The van der Waals surface area contributed by atoms with Gasteiger partial charge in [0.05, 0.1) is 19.3 Å². The molecule has 0 unspecified atom stereocenters. The van der Waals surface area contributed by atoms with E-state index in [1.54, 1.807) is 0 Å². The van der Waals surface area contributed by atoms with Gasteiger partial charge in [0, 0.05) is 44.2 Å². The van der Waals surface area contributed by atoms with Crippen LogP contribution >= 0.6 is 0 Å². The molecule has 0 aromatic carbocycles. The van der Waals surface area contributed by atoms with Gasteiger partial charge in [-0.3, -0.25) is 9.69 Å². The van der Waals surface area contributed by atoms with E-state index in [1.165, 1.54) is 6.42 Å². The van der Waals surface area contributed by atoms with Crippen LogP contribution in [-0.2, 0) is 16.1 Å². The highest BCUT2D eigenvalue weighted by molar-refractivity contribution is 5.80. The van der Waals surface area contributed by atoms with Gasteiger partial charge in [-0.05, 0) is 24.5 Å². The minimum atomic E-state index is 0.153. The van der Waals surface area contributed by atoms with Crippen molar-refractivity contribution >= 4 is 5.91 Å². The summed E-state index contributed by atoms with van der Waals surface area (Å²) in [6.45, 7) is 4.81. The van der Waals surface area contributed by atoms with Gasteiger partial charge in [-0.1, -0.05) is 6.42 Å². The Morgan fingerprint density at radius 3 is 2.92 bits per heavy atom. The minimum Gasteiger partial charge on any atom is -0.379 e. The molecule has 2 aliphatic heterocycles. The van der Waals surface area contributed by atoms with Crippen LogP contribution in [0.15, 0.2) is 12.3 Å². The number of aromatic nitrogens is 1. The van der Waals surface area contributed by atoms with E-state index in [1.807, 2.05) is 12.3 Å². The summed E-state index contributed by atoms with van der Waals surface area (Å²) in [5, 5.41) is 8.95. The maximum Gasteiger partial charge on any atom is 0.226 e. The van der Waals surface area contributed by atoms with Gasteiger partial charge in [0.2, 0.25) is 5.91 Å². The number of amides is 1. The Morgan fingerprint density at radius 2 is 2.21 bits per heavy atom. The molecule has 24 heavy (non-hydrogen) atoms. The molecule has 0 radical (unpaired) electrons. The number of carbonyl (C=O) groups excluding carboxylic acids is 1. The Bertz CT molecular complexity index is 646. The molecule has 1 aliphatic carbocycles. The van der Waals surface area contributed by atoms with Crippen LogP contribution in [0.4, 0.5) is 0 Å². The van der Waals surface area contributed by atoms with Gasteiger partial charge in [-0.15, -0.1) is 0 Å². The number of nitrogens with zero attached hydrogens (tertiary/aromatic N) is 3. The first kappa shape index (κ1) is 15.7. The van der Waals surface area contributed by atoms with Gasteiger partial charge < -0.3 is 14.6 Å². The molecule has 1 aromatic rings. The highest BCUT2D eigenvalue weighted by Crippen LogP contribution is 2.31. The van der Waals surface area contributed by atoms with Crippen LogP contribution in [0.1, 0.15) is 30.5 Å². The lowest BCUT2D eigenvalue weighted by molar-refractivity contribution is -0.141. The average Bonchev–Trinajstić information content (AvgIpc) is 2.75. The van der Waals surface area contributed by atoms with E-state index in [4.69, 9.17) is 10.00 Å². The van der Waals surface area contributed by atoms with Crippen molar-refractivity contribution in [2.75, 3.05) is 32.8 Å². The largest absolute Gasteiger partial charge is 0.379 e.